The Kier molecular flexibility index (Phi) is 18.6. The van der Waals surface area contributed by atoms with Crippen LogP contribution in [0.25, 0.3) is 11.2 Å². The first-order chi connectivity index (χ1) is 19.5. The second-order valence-corrected chi connectivity index (χ2v) is 6.99. The van der Waals surface area contributed by atoms with Crippen LogP contribution in [0, 0.1) is 9.81 Å². The molecular formula is C26H22MoN8O6. The zero-order valence-electron chi connectivity index (χ0n) is 21.0. The summed E-state index contributed by atoms with van der Waals surface area (Å²) in [6.07, 6.45) is 8.88. The van der Waals surface area contributed by atoms with Gasteiger partial charge in [0.25, 0.3) is 11.8 Å². The number of hydrazone groups is 2. The largest absolute Gasteiger partial charge is 2.00 e. The Balaban J connectivity index is 0.000000681. The van der Waals surface area contributed by atoms with Crippen LogP contribution in [0.2, 0.25) is 0 Å². The molecule has 2 amide bonds. The predicted octanol–water partition coefficient (Wildman–Crippen LogP) is 3.74. The summed E-state index contributed by atoms with van der Waals surface area (Å²) in [5, 5.41) is 26.5. The molecule has 0 aliphatic carbocycles. The van der Waals surface area contributed by atoms with E-state index in [1.54, 1.807) is 72.8 Å². The van der Waals surface area contributed by atoms with Gasteiger partial charge in [0, 0.05) is 47.0 Å². The van der Waals surface area contributed by atoms with Gasteiger partial charge in [0.2, 0.25) is 0 Å². The molecule has 0 fully saturated rings. The first-order valence-corrected chi connectivity index (χ1v) is 10.9. The summed E-state index contributed by atoms with van der Waals surface area (Å²) < 4.78 is 0. The molecule has 0 aliphatic heterocycles. The van der Waals surface area contributed by atoms with Crippen molar-refractivity contribution in [2.24, 2.45) is 10.2 Å². The maximum atomic E-state index is 11.6. The molecule has 0 saturated carbocycles. The molecule has 0 spiro atoms. The van der Waals surface area contributed by atoms with E-state index in [1.807, 2.05) is 0 Å². The molecule has 4 N–H and O–H groups in total. The molecule has 0 aliphatic rings. The van der Waals surface area contributed by atoms with Crippen LogP contribution in [-0.2, 0) is 21.1 Å². The van der Waals surface area contributed by atoms with Crippen LogP contribution in [0.15, 0.2) is 108 Å². The van der Waals surface area contributed by atoms with Crippen molar-refractivity contribution in [2.75, 3.05) is 0 Å². The fourth-order valence-electron chi connectivity index (χ4n) is 2.65. The van der Waals surface area contributed by atoms with Gasteiger partial charge in [0.15, 0.2) is 0 Å². The third-order valence-corrected chi connectivity index (χ3v) is 4.50. The molecule has 0 atom stereocenters. The number of rotatable bonds is 6. The molecule has 2 aromatic heterocycles. The van der Waals surface area contributed by atoms with Crippen molar-refractivity contribution in [3.05, 3.63) is 141 Å². The molecule has 14 nitrogen and oxygen atoms in total. The van der Waals surface area contributed by atoms with E-state index in [4.69, 9.17) is 21.0 Å². The number of aromatic nitrogens is 2. The molecule has 2 aromatic carbocycles. The van der Waals surface area contributed by atoms with Crippen LogP contribution in [0.5, 0.6) is 11.5 Å². The fourth-order valence-corrected chi connectivity index (χ4v) is 2.65. The minimum atomic E-state index is -0.330. The summed E-state index contributed by atoms with van der Waals surface area (Å²) in [7, 11) is 0. The molecule has 4 aromatic rings. The molecule has 0 radical (unpaired) electrons. The third kappa shape index (κ3) is 13.2. The van der Waals surface area contributed by atoms with Gasteiger partial charge in [-0.15, -0.1) is 0 Å². The van der Waals surface area contributed by atoms with Crippen LogP contribution < -0.4 is 10.9 Å². The molecule has 2 heterocycles. The Bertz CT molecular complexity index is 1290. The van der Waals surface area contributed by atoms with Crippen molar-refractivity contribution >= 4 is 24.2 Å². The fraction of sp³-hybridized carbons (Fsp3) is 0. The number of carbonyl (C=O) groups is 2. The Morgan fingerprint density at radius 3 is 1.24 bits per heavy atom. The third-order valence-electron chi connectivity index (χ3n) is 4.50. The number of carbonyl (C=O) groups excluding carboxylic acids is 2. The smallest absolute Gasteiger partial charge is 0.577 e. The van der Waals surface area contributed by atoms with Gasteiger partial charge in [-0.3, -0.25) is 19.6 Å². The normalized spacial score (nSPS) is 9.37. The van der Waals surface area contributed by atoms with Crippen LogP contribution in [0.4, 0.5) is 0 Å². The minimum Gasteiger partial charge on any atom is -0.577 e. The summed E-state index contributed by atoms with van der Waals surface area (Å²) in [5.74, 6) is -0.438. The topological polar surface area (TPSA) is 228 Å². The number of phenols is 2. The first kappa shape index (κ1) is 35.5. The number of aromatic hydroxyl groups is 2. The Hall–Kier alpha value is -5.49. The van der Waals surface area contributed by atoms with Gasteiger partial charge in [0.05, 0.1) is 12.4 Å². The van der Waals surface area contributed by atoms with E-state index < -0.39 is 0 Å². The summed E-state index contributed by atoms with van der Waals surface area (Å²) in [6.45, 7) is 0. The summed E-state index contributed by atoms with van der Waals surface area (Å²) >= 11 is 0. The van der Waals surface area contributed by atoms with E-state index in [0.717, 1.165) is 0 Å². The van der Waals surface area contributed by atoms with Gasteiger partial charge >= 0.3 is 21.1 Å². The van der Waals surface area contributed by atoms with E-state index in [0.29, 0.717) is 22.3 Å². The summed E-state index contributed by atoms with van der Waals surface area (Å²) in [5.41, 5.74) is 18.2. The van der Waals surface area contributed by atoms with Crippen LogP contribution in [0.1, 0.15) is 31.8 Å². The predicted molar refractivity (Wildman–Crippen MR) is 148 cm³/mol. The van der Waals surface area contributed by atoms with Crippen LogP contribution in [-0.4, -0.2) is 44.4 Å². The van der Waals surface area contributed by atoms with E-state index in [-0.39, 0.29) is 44.4 Å². The first-order valence-electron chi connectivity index (χ1n) is 10.9. The number of nitrogens with zero attached hydrogens (tertiary/aromatic N) is 6. The molecule has 41 heavy (non-hydrogen) atoms. The van der Waals surface area contributed by atoms with Gasteiger partial charge in [-0.2, -0.15) is 10.2 Å². The molecule has 15 heteroatoms. The SMILES string of the molecule is O=C(N/N=C/c1ccccc1O)c1ccncc1.O=C(N/N=C/c1ccccc1O)c1ccncc1.[Mo+2].[N-]=O.[N-]=O. The number of hydrogen-bond donors (Lipinski definition) is 4. The quantitative estimate of drug-likeness (QED) is 0.138. The van der Waals surface area contributed by atoms with Crippen molar-refractivity contribution in [1.29, 1.82) is 0 Å². The number of phenolic OH excluding ortho intramolecular Hbond substituents is 2. The van der Waals surface area contributed by atoms with E-state index in [9.17, 15) is 19.8 Å². The molecule has 4 rings (SSSR count). The monoisotopic (exact) mass is 640 g/mol. The van der Waals surface area contributed by atoms with Crippen LogP contribution in [0.3, 0.4) is 0 Å². The zero-order chi connectivity index (χ0) is 29.6. The maximum absolute atomic E-state index is 11.6. The van der Waals surface area contributed by atoms with E-state index in [1.165, 1.54) is 37.2 Å². The number of benzene rings is 2. The minimum absolute atomic E-state index is 0. The second kappa shape index (κ2) is 21.4. The van der Waals surface area contributed by atoms with Gasteiger partial charge < -0.3 is 31.2 Å². The number of para-hydroxylation sites is 2. The Morgan fingerprint density at radius 1 is 0.610 bits per heavy atom. The van der Waals surface area contributed by atoms with Gasteiger partial charge in [-0.25, -0.2) is 10.9 Å². The number of hydrogen-bond acceptors (Lipinski definition) is 10. The molecule has 208 valence electrons. The molecular weight excluding hydrogens is 616 g/mol. The van der Waals surface area contributed by atoms with Crippen molar-refractivity contribution in [1.82, 2.24) is 20.8 Å². The maximum Gasteiger partial charge on any atom is 2.00 e. The van der Waals surface area contributed by atoms with Gasteiger partial charge in [0.1, 0.15) is 11.5 Å². The van der Waals surface area contributed by atoms with Crippen molar-refractivity contribution < 1.29 is 40.9 Å². The van der Waals surface area contributed by atoms with Crippen molar-refractivity contribution in [3.8, 4) is 11.5 Å². The van der Waals surface area contributed by atoms with Crippen molar-refractivity contribution in [2.45, 2.75) is 0 Å². The zero-order valence-corrected chi connectivity index (χ0v) is 23.0. The molecule has 0 saturated heterocycles. The van der Waals surface area contributed by atoms with Crippen LogP contribution >= 0.6 is 0 Å². The average molecular weight is 638 g/mol. The van der Waals surface area contributed by atoms with Gasteiger partial charge in [-0.1, -0.05) is 24.3 Å². The number of nitrogens with one attached hydrogen (secondary N) is 2. The molecule has 0 unspecified atom stereocenters. The average Bonchev–Trinajstić information content (AvgIpc) is 3.02. The number of pyridine rings is 2. The second-order valence-electron chi connectivity index (χ2n) is 6.99. The summed E-state index contributed by atoms with van der Waals surface area (Å²) in [6, 6.07) is 19.8. The van der Waals surface area contributed by atoms with Gasteiger partial charge in [-0.05, 0) is 48.5 Å². The molecule has 0 bridgehead atoms. The Morgan fingerprint density at radius 2 is 0.927 bits per heavy atom. The van der Waals surface area contributed by atoms with E-state index >= 15 is 0 Å². The van der Waals surface area contributed by atoms with Crippen molar-refractivity contribution in [3.63, 3.8) is 0 Å². The number of amides is 2. The Labute approximate surface area is 248 Å². The number of nitroso groups, excluding NO2 is 2. The standard InChI is InChI=1S/2C13H11N3O2.Mo.2NO/c2*17-12-4-2-1-3-11(12)9-15-16-13(18)10-5-7-14-8-6-10;;2*1-2/h2*1-9,17H,(H,16,18);;;/q;;+2;2*-1/b2*15-9+;;;. The summed E-state index contributed by atoms with van der Waals surface area (Å²) in [4.78, 5) is 45.3. The van der Waals surface area contributed by atoms with E-state index in [2.05, 4.69) is 31.0 Å².